The minimum absolute atomic E-state index is 0.337. The lowest BCUT2D eigenvalue weighted by molar-refractivity contribution is 0.0521. The van der Waals surface area contributed by atoms with Crippen molar-refractivity contribution in [2.45, 2.75) is 34.2 Å². The first-order chi connectivity index (χ1) is 8.60. The third kappa shape index (κ3) is 3.61. The number of allylic oxidation sites excluding steroid dienone is 2. The second kappa shape index (κ2) is 6.83. The van der Waals surface area contributed by atoms with E-state index in [0.717, 1.165) is 0 Å². The van der Waals surface area contributed by atoms with Crippen molar-refractivity contribution < 1.29 is 14.3 Å². The number of carbonyl (C=O) groups excluding carboxylic acids is 1. The molecule has 1 rings (SSSR count). The number of rotatable bonds is 6. The molecule has 0 bridgehead atoms. The van der Waals surface area contributed by atoms with Crippen LogP contribution in [0.15, 0.2) is 17.8 Å². The van der Waals surface area contributed by atoms with Gasteiger partial charge in [0.15, 0.2) is 0 Å². The van der Waals surface area contributed by atoms with Gasteiger partial charge in [0.25, 0.3) is 0 Å². The van der Waals surface area contributed by atoms with Crippen molar-refractivity contribution in [2.75, 3.05) is 13.2 Å². The largest absolute Gasteiger partial charge is 0.478 e. The van der Waals surface area contributed by atoms with Gasteiger partial charge in [-0.05, 0) is 27.7 Å². The molecule has 0 aliphatic rings. The van der Waals surface area contributed by atoms with Crippen LogP contribution in [0, 0.1) is 0 Å². The fourth-order valence-electron chi connectivity index (χ4n) is 1.41. The van der Waals surface area contributed by atoms with Gasteiger partial charge in [-0.15, -0.1) is 0 Å². The van der Waals surface area contributed by atoms with E-state index in [2.05, 4.69) is 5.10 Å². The molecule has 0 aliphatic heterocycles. The quantitative estimate of drug-likeness (QED) is 0.576. The second-order valence-electron chi connectivity index (χ2n) is 3.98. The molecule has 0 fully saturated rings. The molecular formula is C13H20N2O3. The molecule has 0 saturated carbocycles. The monoisotopic (exact) mass is 252 g/mol. The van der Waals surface area contributed by atoms with Crippen LogP contribution < -0.4 is 4.74 Å². The maximum Gasteiger partial charge on any atom is 0.345 e. The Kier molecular flexibility index (Phi) is 5.42. The van der Waals surface area contributed by atoms with E-state index in [1.165, 1.54) is 11.8 Å². The number of aromatic nitrogens is 2. The summed E-state index contributed by atoms with van der Waals surface area (Å²) in [5.41, 5.74) is 1.56. The van der Waals surface area contributed by atoms with Gasteiger partial charge >= 0.3 is 5.97 Å². The predicted octanol–water partition coefficient (Wildman–Crippen LogP) is 2.42. The molecule has 100 valence electrons. The zero-order valence-corrected chi connectivity index (χ0v) is 11.4. The van der Waals surface area contributed by atoms with E-state index in [9.17, 15) is 4.79 Å². The molecule has 0 aromatic carbocycles. The van der Waals surface area contributed by atoms with Gasteiger partial charge in [0.1, 0.15) is 5.56 Å². The van der Waals surface area contributed by atoms with Gasteiger partial charge in [0.2, 0.25) is 5.88 Å². The molecule has 18 heavy (non-hydrogen) atoms. The molecular weight excluding hydrogens is 232 g/mol. The maximum absolute atomic E-state index is 11.7. The third-order valence-electron chi connectivity index (χ3n) is 2.24. The number of ether oxygens (including phenoxy) is 2. The van der Waals surface area contributed by atoms with Crippen LogP contribution in [0.25, 0.3) is 0 Å². The van der Waals surface area contributed by atoms with E-state index in [1.54, 1.807) is 11.6 Å². The summed E-state index contributed by atoms with van der Waals surface area (Å²) in [7, 11) is 0. The lowest BCUT2D eigenvalue weighted by Crippen LogP contribution is -2.09. The average molecular weight is 252 g/mol. The van der Waals surface area contributed by atoms with Crippen LogP contribution in [-0.4, -0.2) is 29.0 Å². The summed E-state index contributed by atoms with van der Waals surface area (Å²) in [5.74, 6) is 0.0675. The van der Waals surface area contributed by atoms with E-state index in [1.807, 2.05) is 26.8 Å². The van der Waals surface area contributed by atoms with Crippen molar-refractivity contribution in [1.29, 1.82) is 0 Å². The Morgan fingerprint density at radius 3 is 2.67 bits per heavy atom. The predicted molar refractivity (Wildman–Crippen MR) is 68.8 cm³/mol. The van der Waals surface area contributed by atoms with E-state index in [-0.39, 0.29) is 0 Å². The van der Waals surface area contributed by atoms with Crippen LogP contribution in [0.5, 0.6) is 5.88 Å². The molecule has 5 nitrogen and oxygen atoms in total. The summed E-state index contributed by atoms with van der Waals surface area (Å²) < 4.78 is 12.1. The Hall–Kier alpha value is -1.78. The van der Waals surface area contributed by atoms with E-state index >= 15 is 0 Å². The molecule has 0 unspecified atom stereocenters. The molecule has 0 aliphatic carbocycles. The van der Waals surface area contributed by atoms with Gasteiger partial charge in [-0.2, -0.15) is 5.10 Å². The van der Waals surface area contributed by atoms with Crippen molar-refractivity contribution in [1.82, 2.24) is 9.78 Å². The Balaban J connectivity index is 2.98. The topological polar surface area (TPSA) is 53.3 Å². The molecule has 0 atom stereocenters. The second-order valence-corrected chi connectivity index (χ2v) is 3.98. The van der Waals surface area contributed by atoms with Gasteiger partial charge < -0.3 is 9.47 Å². The highest BCUT2D eigenvalue weighted by Gasteiger charge is 2.19. The smallest absolute Gasteiger partial charge is 0.345 e. The Morgan fingerprint density at radius 2 is 2.11 bits per heavy atom. The third-order valence-corrected chi connectivity index (χ3v) is 2.24. The molecule has 0 spiro atoms. The molecule has 5 heteroatoms. The van der Waals surface area contributed by atoms with Crippen LogP contribution in [-0.2, 0) is 11.3 Å². The molecule has 0 amide bonds. The van der Waals surface area contributed by atoms with Crippen molar-refractivity contribution in [3.8, 4) is 5.88 Å². The fraction of sp³-hybridized carbons (Fsp3) is 0.538. The highest BCUT2D eigenvalue weighted by atomic mass is 16.5. The molecule has 0 N–H and O–H groups in total. The molecule has 1 heterocycles. The molecule has 0 radical (unpaired) electrons. The highest BCUT2D eigenvalue weighted by molar-refractivity contribution is 5.91. The number of esters is 1. The molecule has 1 aromatic heterocycles. The first-order valence-corrected chi connectivity index (χ1v) is 6.09. The number of hydrogen-bond donors (Lipinski definition) is 0. The molecule has 0 saturated heterocycles. The van der Waals surface area contributed by atoms with E-state index < -0.39 is 5.97 Å². The first kappa shape index (κ1) is 14.3. The first-order valence-electron chi connectivity index (χ1n) is 6.09. The fourth-order valence-corrected chi connectivity index (χ4v) is 1.41. The highest BCUT2D eigenvalue weighted by Crippen LogP contribution is 2.19. The summed E-state index contributed by atoms with van der Waals surface area (Å²) in [5, 5.41) is 4.16. The van der Waals surface area contributed by atoms with Gasteiger partial charge in [-0.3, -0.25) is 0 Å². The Morgan fingerprint density at radius 1 is 1.39 bits per heavy atom. The van der Waals surface area contributed by atoms with Gasteiger partial charge in [0, 0.05) is 0 Å². The van der Waals surface area contributed by atoms with Gasteiger partial charge in [-0.1, -0.05) is 11.6 Å². The summed E-state index contributed by atoms with van der Waals surface area (Å²) >= 11 is 0. The summed E-state index contributed by atoms with van der Waals surface area (Å²) in [4.78, 5) is 11.7. The minimum atomic E-state index is -0.399. The Labute approximate surface area is 107 Å². The summed E-state index contributed by atoms with van der Waals surface area (Å²) in [6.45, 7) is 9.05. The summed E-state index contributed by atoms with van der Waals surface area (Å²) in [6.07, 6.45) is 3.51. The van der Waals surface area contributed by atoms with Crippen LogP contribution in [0.1, 0.15) is 38.1 Å². The van der Waals surface area contributed by atoms with Crippen LogP contribution >= 0.6 is 0 Å². The number of nitrogens with zero attached hydrogens (tertiary/aromatic N) is 2. The van der Waals surface area contributed by atoms with Crippen molar-refractivity contribution in [3.05, 3.63) is 23.4 Å². The number of hydrogen-bond acceptors (Lipinski definition) is 4. The van der Waals surface area contributed by atoms with Gasteiger partial charge in [-0.25, -0.2) is 9.48 Å². The van der Waals surface area contributed by atoms with E-state index in [0.29, 0.717) is 31.2 Å². The van der Waals surface area contributed by atoms with Crippen LogP contribution in [0.3, 0.4) is 0 Å². The lowest BCUT2D eigenvalue weighted by Gasteiger charge is -2.08. The van der Waals surface area contributed by atoms with E-state index in [4.69, 9.17) is 9.47 Å². The van der Waals surface area contributed by atoms with Crippen LogP contribution in [0.4, 0.5) is 0 Å². The maximum atomic E-state index is 11.7. The normalized spacial score (nSPS) is 10.0. The summed E-state index contributed by atoms with van der Waals surface area (Å²) in [6, 6.07) is 0. The van der Waals surface area contributed by atoms with Crippen molar-refractivity contribution in [2.24, 2.45) is 0 Å². The average Bonchev–Trinajstić information content (AvgIpc) is 2.70. The zero-order chi connectivity index (χ0) is 13.5. The molecule has 1 aromatic rings. The number of carbonyl (C=O) groups is 1. The SMILES string of the molecule is CCOC(=O)c1cnn(CC=C(C)C)c1OCC. The van der Waals surface area contributed by atoms with Crippen molar-refractivity contribution >= 4 is 5.97 Å². The van der Waals surface area contributed by atoms with Gasteiger partial charge in [0.05, 0.1) is 26.0 Å². The Bertz CT molecular complexity index is 431. The standard InChI is InChI=1S/C13H20N2O3/c1-5-17-12-11(13(16)18-6-2)9-14-15(12)8-7-10(3)4/h7,9H,5-6,8H2,1-4H3. The zero-order valence-electron chi connectivity index (χ0n) is 11.4. The lowest BCUT2D eigenvalue weighted by atomic mass is 10.3. The minimum Gasteiger partial charge on any atom is -0.478 e. The van der Waals surface area contributed by atoms with Crippen molar-refractivity contribution in [3.63, 3.8) is 0 Å². The van der Waals surface area contributed by atoms with Crippen LogP contribution in [0.2, 0.25) is 0 Å².